The van der Waals surface area contributed by atoms with Crippen LogP contribution in [0.25, 0.3) is 0 Å². The molecule has 66 valence electrons. The first-order valence-electron chi connectivity index (χ1n) is 3.24. The molecule has 0 unspecified atom stereocenters. The van der Waals surface area contributed by atoms with E-state index in [4.69, 9.17) is 11.6 Å². The van der Waals surface area contributed by atoms with Crippen molar-refractivity contribution in [2.75, 3.05) is 0 Å². The molecule has 0 radical (unpaired) electrons. The van der Waals surface area contributed by atoms with Gasteiger partial charge in [-0.15, -0.1) is 0 Å². The Labute approximate surface area is 122 Å². The topological polar surface area (TPSA) is 12.9 Å². The summed E-state index contributed by atoms with van der Waals surface area (Å²) in [5.41, 5.74) is -0.355. The predicted molar refractivity (Wildman–Crippen MR) is 42.7 cm³/mol. The minimum Gasteiger partial charge on any atom is -0.445 e. The van der Waals surface area contributed by atoms with E-state index in [1.165, 1.54) is 6.07 Å². The van der Waals surface area contributed by atoms with E-state index in [0.29, 0.717) is 5.69 Å². The molecule has 1 rings (SSSR count). The number of aryl methyl sites for hydroxylation is 1. The fraction of sp³-hybridized carbons (Fsp3) is 0.167. The third-order valence-electron chi connectivity index (χ3n) is 1.37. The van der Waals surface area contributed by atoms with Crippen molar-refractivity contribution in [2.24, 2.45) is 0 Å². The maximum absolute atomic E-state index is 12.1. The van der Waals surface area contributed by atoms with Gasteiger partial charge in [0.05, 0.1) is 0 Å². The summed E-state index contributed by atoms with van der Waals surface area (Å²) in [7, 11) is 0. The molecule has 0 bridgehead atoms. The number of rotatable bonds is 1. The number of aromatic nitrogens is 1. The van der Waals surface area contributed by atoms with Gasteiger partial charge in [-0.3, -0.25) is 0 Å². The molecule has 0 fully saturated rings. The second-order valence-corrected chi connectivity index (χ2v) is 2.77. The molecule has 0 N–H and O–H groups in total. The Morgan fingerprint density at radius 2 is 1.85 bits per heavy atom. The molecule has 0 aliphatic heterocycles. The average molecular weight is 233 g/mol. The minimum atomic E-state index is -5.04. The van der Waals surface area contributed by atoms with Crippen molar-refractivity contribution in [3.05, 3.63) is 23.0 Å². The van der Waals surface area contributed by atoms with Crippen LogP contribution >= 0.6 is 11.6 Å². The van der Waals surface area contributed by atoms with E-state index in [-0.39, 0.29) is 51.4 Å². The van der Waals surface area contributed by atoms with Crippen molar-refractivity contribution in [3.8, 4) is 0 Å². The molecule has 1 nitrogen and oxygen atoms in total. The van der Waals surface area contributed by atoms with Gasteiger partial charge in [-0.05, 0) is 13.0 Å². The molecule has 0 aliphatic rings. The van der Waals surface area contributed by atoms with Crippen LogP contribution in [0.5, 0.6) is 0 Å². The first-order valence-corrected chi connectivity index (χ1v) is 3.62. The predicted octanol–water partition coefficient (Wildman–Crippen LogP) is -0.898. The summed E-state index contributed by atoms with van der Waals surface area (Å²) in [6, 6.07) is 2.24. The molecule has 0 atom stereocenters. The Balaban J connectivity index is 0.00000144. The molecule has 0 aliphatic carbocycles. The number of hydrogen-bond acceptors (Lipinski definition) is 1. The summed E-state index contributed by atoms with van der Waals surface area (Å²) in [4.78, 5) is 3.50. The van der Waals surface area contributed by atoms with Crippen molar-refractivity contribution in [3.63, 3.8) is 0 Å². The molecule has 1 aromatic rings. The molecule has 0 aromatic carbocycles. The van der Waals surface area contributed by atoms with Crippen LogP contribution < -0.4 is 56.8 Å². The molecule has 13 heavy (non-hydrogen) atoms. The normalized spacial score (nSPS) is 10.8. The van der Waals surface area contributed by atoms with Gasteiger partial charge in [0.1, 0.15) is 5.15 Å². The van der Waals surface area contributed by atoms with Gasteiger partial charge in [-0.2, -0.15) is 0 Å². The molecular weight excluding hydrogens is 228 g/mol. The van der Waals surface area contributed by atoms with E-state index in [1.807, 2.05) is 0 Å². The number of nitrogens with zero attached hydrogens (tertiary/aromatic N) is 1. The Kier molecular flexibility index (Phi) is 5.50. The third kappa shape index (κ3) is 3.89. The fourth-order valence-corrected chi connectivity index (χ4v) is 1.10. The summed E-state index contributed by atoms with van der Waals surface area (Å²) in [6.45, 7) is -3.46. The van der Waals surface area contributed by atoms with Crippen LogP contribution in [0.15, 0.2) is 12.1 Å². The molecule has 7 heteroatoms. The molecule has 0 saturated heterocycles. The van der Waals surface area contributed by atoms with Gasteiger partial charge in [0, 0.05) is 5.69 Å². The van der Waals surface area contributed by atoms with Crippen molar-refractivity contribution < 1.29 is 64.3 Å². The second-order valence-electron chi connectivity index (χ2n) is 2.41. The molecular formula is C6H5BClF3KN. The average Bonchev–Trinajstić information content (AvgIpc) is 1.83. The Morgan fingerprint density at radius 1 is 1.31 bits per heavy atom. The zero-order chi connectivity index (χ0) is 9.35. The summed E-state index contributed by atoms with van der Waals surface area (Å²) in [5, 5.41) is -0.470. The maximum atomic E-state index is 12.1. The van der Waals surface area contributed by atoms with Gasteiger partial charge < -0.3 is 12.9 Å². The van der Waals surface area contributed by atoms with E-state index < -0.39 is 17.6 Å². The fourth-order valence-electron chi connectivity index (χ4n) is 0.780. The Bertz CT molecular complexity index is 304. The summed E-state index contributed by atoms with van der Waals surface area (Å²) >= 11 is 5.30. The summed E-state index contributed by atoms with van der Waals surface area (Å²) in [5.74, 6) is 0. The quantitative estimate of drug-likeness (QED) is 0.453. The molecule has 0 amide bonds. The van der Waals surface area contributed by atoms with Crippen LogP contribution in [0, 0.1) is 6.92 Å². The standard InChI is InChI=1S/C6H5BClF3N.K/c1-4-2-3-5(6(8)12-4)7(9,10)11;/h2-3H,1H3;/q-1;+1. The van der Waals surface area contributed by atoms with Crippen LogP contribution in [0.3, 0.4) is 0 Å². The van der Waals surface area contributed by atoms with Gasteiger partial charge in [-0.25, -0.2) is 4.98 Å². The van der Waals surface area contributed by atoms with Crippen molar-refractivity contribution in [2.45, 2.75) is 6.92 Å². The van der Waals surface area contributed by atoms with E-state index in [2.05, 4.69) is 4.98 Å². The SMILES string of the molecule is Cc1ccc([B-](F)(F)F)c(Cl)n1.[K+]. The number of halogens is 4. The van der Waals surface area contributed by atoms with Crippen LogP contribution in [0.2, 0.25) is 5.15 Å². The third-order valence-corrected chi connectivity index (χ3v) is 1.67. The van der Waals surface area contributed by atoms with Crippen LogP contribution in [-0.2, 0) is 0 Å². The molecule has 0 saturated carbocycles. The van der Waals surface area contributed by atoms with Crippen molar-refractivity contribution in [1.29, 1.82) is 0 Å². The van der Waals surface area contributed by atoms with E-state index >= 15 is 0 Å². The van der Waals surface area contributed by atoms with Crippen LogP contribution in [0.1, 0.15) is 5.69 Å². The van der Waals surface area contributed by atoms with Gasteiger partial charge in [-0.1, -0.05) is 23.1 Å². The van der Waals surface area contributed by atoms with Crippen LogP contribution in [-0.4, -0.2) is 12.0 Å². The van der Waals surface area contributed by atoms with Crippen molar-refractivity contribution >= 4 is 24.0 Å². The minimum absolute atomic E-state index is 0. The van der Waals surface area contributed by atoms with Crippen molar-refractivity contribution in [1.82, 2.24) is 4.98 Å². The van der Waals surface area contributed by atoms with E-state index in [1.54, 1.807) is 6.92 Å². The van der Waals surface area contributed by atoms with Gasteiger partial charge in [0.2, 0.25) is 0 Å². The Morgan fingerprint density at radius 3 is 2.23 bits per heavy atom. The summed E-state index contributed by atoms with van der Waals surface area (Å²) in [6.07, 6.45) is 0. The van der Waals surface area contributed by atoms with E-state index in [9.17, 15) is 12.9 Å². The van der Waals surface area contributed by atoms with Gasteiger partial charge >= 0.3 is 58.4 Å². The number of hydrogen-bond donors (Lipinski definition) is 0. The first kappa shape index (κ1) is 13.9. The summed E-state index contributed by atoms with van der Waals surface area (Å²) < 4.78 is 36.4. The second kappa shape index (κ2) is 5.14. The first-order chi connectivity index (χ1) is 5.41. The zero-order valence-electron chi connectivity index (χ0n) is 7.19. The van der Waals surface area contributed by atoms with E-state index in [0.717, 1.165) is 6.07 Å². The number of pyridine rings is 1. The smallest absolute Gasteiger partial charge is 0.445 e. The van der Waals surface area contributed by atoms with Gasteiger partial charge in [0.25, 0.3) is 0 Å². The largest absolute Gasteiger partial charge is 1.00 e. The molecule has 0 spiro atoms. The Hall–Kier alpha value is 0.931. The van der Waals surface area contributed by atoms with Gasteiger partial charge in [0.15, 0.2) is 0 Å². The molecule has 1 heterocycles. The zero-order valence-corrected chi connectivity index (χ0v) is 11.1. The molecule has 1 aromatic heterocycles. The van der Waals surface area contributed by atoms with Crippen LogP contribution in [0.4, 0.5) is 12.9 Å². The maximum Gasteiger partial charge on any atom is 1.00 e. The monoisotopic (exact) mass is 233 g/mol.